The SMILES string of the molecule is COc1ccc(C(C(=O)Nc2ccc(C(C)(C)C)cc2)N(C)C(=O)C(=O)C=CN)cc1. The smallest absolute Gasteiger partial charge is 0.295 e. The molecule has 2 rings (SSSR count). The fourth-order valence-corrected chi connectivity index (χ4v) is 3.05. The van der Waals surface area contributed by atoms with Crippen LogP contribution in [0.4, 0.5) is 5.69 Å². The first kappa shape index (κ1) is 23.7. The molecule has 1 atom stereocenters. The number of ketones is 1. The highest BCUT2D eigenvalue weighted by atomic mass is 16.5. The summed E-state index contributed by atoms with van der Waals surface area (Å²) in [6.07, 6.45) is 1.96. The molecule has 0 heterocycles. The van der Waals surface area contributed by atoms with Crippen LogP contribution in [0.15, 0.2) is 60.8 Å². The number of amides is 2. The van der Waals surface area contributed by atoms with Gasteiger partial charge in [0.2, 0.25) is 5.78 Å². The van der Waals surface area contributed by atoms with Gasteiger partial charge >= 0.3 is 0 Å². The predicted molar refractivity (Wildman–Crippen MR) is 121 cm³/mol. The summed E-state index contributed by atoms with van der Waals surface area (Å²) in [5, 5.41) is 2.84. The van der Waals surface area contributed by atoms with Gasteiger partial charge in [-0.05, 0) is 47.0 Å². The molecule has 7 heteroatoms. The zero-order valence-electron chi connectivity index (χ0n) is 18.5. The van der Waals surface area contributed by atoms with E-state index in [4.69, 9.17) is 10.5 Å². The molecular weight excluding hydrogens is 394 g/mol. The van der Waals surface area contributed by atoms with Crippen LogP contribution in [-0.4, -0.2) is 36.7 Å². The van der Waals surface area contributed by atoms with Gasteiger partial charge in [-0.15, -0.1) is 0 Å². The summed E-state index contributed by atoms with van der Waals surface area (Å²) >= 11 is 0. The van der Waals surface area contributed by atoms with E-state index in [1.165, 1.54) is 14.2 Å². The molecule has 2 amide bonds. The molecular formula is C24H29N3O4. The first-order chi connectivity index (χ1) is 14.6. The summed E-state index contributed by atoms with van der Waals surface area (Å²) in [6.45, 7) is 6.31. The Morgan fingerprint density at radius 3 is 2.10 bits per heavy atom. The number of likely N-dealkylation sites (N-methyl/N-ethyl adjacent to an activating group) is 1. The van der Waals surface area contributed by atoms with E-state index in [9.17, 15) is 14.4 Å². The number of carbonyl (C=O) groups is 3. The van der Waals surface area contributed by atoms with Gasteiger partial charge < -0.3 is 20.7 Å². The largest absolute Gasteiger partial charge is 0.497 e. The number of benzene rings is 2. The standard InChI is InChI=1S/C24H29N3O4/c1-24(2,3)17-8-10-18(11-9-17)26-22(29)21(16-6-12-19(31-5)13-7-16)27(4)23(30)20(28)14-15-25/h6-15,21H,25H2,1-5H3,(H,26,29). The Morgan fingerprint density at radius 1 is 1.03 bits per heavy atom. The Labute approximate surface area is 182 Å². The van der Waals surface area contributed by atoms with Crippen molar-refractivity contribution in [3.63, 3.8) is 0 Å². The molecule has 0 spiro atoms. The van der Waals surface area contributed by atoms with Gasteiger partial charge in [0.15, 0.2) is 0 Å². The second-order valence-electron chi connectivity index (χ2n) is 8.13. The molecule has 3 N–H and O–H groups in total. The van der Waals surface area contributed by atoms with E-state index in [1.807, 2.05) is 24.3 Å². The molecule has 0 aliphatic carbocycles. The van der Waals surface area contributed by atoms with E-state index in [0.717, 1.165) is 22.7 Å². The zero-order valence-corrected chi connectivity index (χ0v) is 18.5. The van der Waals surface area contributed by atoms with Crippen LogP contribution in [-0.2, 0) is 19.8 Å². The van der Waals surface area contributed by atoms with Gasteiger partial charge in [0.25, 0.3) is 11.8 Å². The van der Waals surface area contributed by atoms with Crippen LogP contribution in [0.1, 0.15) is 37.9 Å². The summed E-state index contributed by atoms with van der Waals surface area (Å²) in [6, 6.07) is 13.2. The van der Waals surface area contributed by atoms with Gasteiger partial charge in [0.1, 0.15) is 11.8 Å². The van der Waals surface area contributed by atoms with Gasteiger partial charge in [0.05, 0.1) is 7.11 Å². The van der Waals surface area contributed by atoms with Crippen molar-refractivity contribution in [2.75, 3.05) is 19.5 Å². The molecule has 0 fully saturated rings. The maximum atomic E-state index is 13.2. The third-order valence-electron chi connectivity index (χ3n) is 4.86. The van der Waals surface area contributed by atoms with Crippen LogP contribution in [0, 0.1) is 0 Å². The minimum Gasteiger partial charge on any atom is -0.497 e. The first-order valence-electron chi connectivity index (χ1n) is 9.83. The van der Waals surface area contributed by atoms with Gasteiger partial charge in [-0.25, -0.2) is 0 Å². The average molecular weight is 424 g/mol. The van der Waals surface area contributed by atoms with Crippen molar-refractivity contribution >= 4 is 23.3 Å². The lowest BCUT2D eigenvalue weighted by molar-refractivity contribution is -0.145. The Morgan fingerprint density at radius 2 is 1.61 bits per heavy atom. The molecule has 2 aromatic rings. The number of hydrogen-bond acceptors (Lipinski definition) is 5. The lowest BCUT2D eigenvalue weighted by atomic mass is 9.87. The van der Waals surface area contributed by atoms with Gasteiger partial charge in [0, 0.05) is 18.8 Å². The molecule has 164 valence electrons. The van der Waals surface area contributed by atoms with Crippen molar-refractivity contribution in [1.82, 2.24) is 4.90 Å². The van der Waals surface area contributed by atoms with Gasteiger partial charge in [-0.2, -0.15) is 0 Å². The fraction of sp³-hybridized carbons (Fsp3) is 0.292. The van der Waals surface area contributed by atoms with Crippen LogP contribution in [0.5, 0.6) is 5.75 Å². The highest BCUT2D eigenvalue weighted by molar-refractivity contribution is 6.40. The van der Waals surface area contributed by atoms with Crippen molar-refractivity contribution in [2.24, 2.45) is 5.73 Å². The van der Waals surface area contributed by atoms with Crippen LogP contribution in [0.3, 0.4) is 0 Å². The molecule has 0 aromatic heterocycles. The third kappa shape index (κ3) is 5.94. The Balaban J connectivity index is 2.35. The molecule has 0 bridgehead atoms. The van der Waals surface area contributed by atoms with E-state index >= 15 is 0 Å². The molecule has 0 radical (unpaired) electrons. The number of ether oxygens (including phenoxy) is 1. The molecule has 7 nitrogen and oxygen atoms in total. The summed E-state index contributed by atoms with van der Waals surface area (Å²) < 4.78 is 5.16. The lowest BCUT2D eigenvalue weighted by Crippen LogP contribution is -2.41. The number of hydrogen-bond donors (Lipinski definition) is 2. The molecule has 0 saturated heterocycles. The summed E-state index contributed by atoms with van der Waals surface area (Å²) in [5.41, 5.74) is 7.46. The zero-order chi connectivity index (χ0) is 23.2. The van der Waals surface area contributed by atoms with E-state index in [2.05, 4.69) is 26.1 Å². The minimum absolute atomic E-state index is 0.0162. The predicted octanol–water partition coefficient (Wildman–Crippen LogP) is 3.17. The molecule has 2 aromatic carbocycles. The van der Waals surface area contributed by atoms with Crippen molar-refractivity contribution in [3.8, 4) is 5.75 Å². The van der Waals surface area contributed by atoms with Crippen molar-refractivity contribution in [3.05, 3.63) is 71.9 Å². The highest BCUT2D eigenvalue weighted by Crippen LogP contribution is 2.26. The van der Waals surface area contributed by atoms with Crippen LogP contribution < -0.4 is 15.8 Å². The Hall–Kier alpha value is -3.61. The second-order valence-corrected chi connectivity index (χ2v) is 8.13. The van der Waals surface area contributed by atoms with Crippen LogP contribution in [0.25, 0.3) is 0 Å². The number of methoxy groups -OCH3 is 1. The maximum Gasteiger partial charge on any atom is 0.295 e. The molecule has 1 unspecified atom stereocenters. The lowest BCUT2D eigenvalue weighted by Gasteiger charge is -2.27. The van der Waals surface area contributed by atoms with Crippen LogP contribution in [0.2, 0.25) is 0 Å². The van der Waals surface area contributed by atoms with Crippen molar-refractivity contribution in [1.29, 1.82) is 0 Å². The molecule has 0 aliphatic heterocycles. The number of nitrogens with zero attached hydrogens (tertiary/aromatic N) is 1. The molecule has 0 aliphatic rings. The fourth-order valence-electron chi connectivity index (χ4n) is 3.05. The monoisotopic (exact) mass is 423 g/mol. The maximum absolute atomic E-state index is 13.2. The normalized spacial score (nSPS) is 12.3. The molecule has 0 saturated carbocycles. The quantitative estimate of drug-likeness (QED) is 0.526. The number of nitrogens with two attached hydrogens (primary N) is 1. The van der Waals surface area contributed by atoms with Crippen molar-refractivity contribution in [2.45, 2.75) is 32.2 Å². The number of anilines is 1. The van der Waals surface area contributed by atoms with E-state index in [0.29, 0.717) is 17.0 Å². The third-order valence-corrected chi connectivity index (χ3v) is 4.86. The highest BCUT2D eigenvalue weighted by Gasteiger charge is 2.31. The average Bonchev–Trinajstić information content (AvgIpc) is 2.73. The van der Waals surface area contributed by atoms with E-state index in [1.54, 1.807) is 24.3 Å². The van der Waals surface area contributed by atoms with E-state index in [-0.39, 0.29) is 5.41 Å². The summed E-state index contributed by atoms with van der Waals surface area (Å²) in [5.74, 6) is -1.50. The van der Waals surface area contributed by atoms with Gasteiger partial charge in [-0.1, -0.05) is 45.0 Å². The van der Waals surface area contributed by atoms with Crippen LogP contribution >= 0.6 is 0 Å². The number of rotatable bonds is 7. The van der Waals surface area contributed by atoms with Crippen molar-refractivity contribution < 1.29 is 19.1 Å². The van der Waals surface area contributed by atoms with E-state index < -0.39 is 23.6 Å². The minimum atomic E-state index is -1.03. The Kier molecular flexibility index (Phi) is 7.58. The topological polar surface area (TPSA) is 102 Å². The van der Waals surface area contributed by atoms with Gasteiger partial charge in [-0.3, -0.25) is 14.4 Å². The first-order valence-corrected chi connectivity index (χ1v) is 9.83. The summed E-state index contributed by atoms with van der Waals surface area (Å²) in [4.78, 5) is 38.9. The summed E-state index contributed by atoms with van der Waals surface area (Å²) in [7, 11) is 2.94. The number of nitrogens with one attached hydrogen (secondary N) is 1. The Bertz CT molecular complexity index is 958. The second kappa shape index (κ2) is 9.93. The number of carbonyl (C=O) groups excluding carboxylic acids is 3. The molecule has 31 heavy (non-hydrogen) atoms.